The molecule has 1 atom stereocenters. The fraction of sp³-hybridized carbons (Fsp3) is 0.269. The fourth-order valence-electron chi connectivity index (χ4n) is 4.32. The van der Waals surface area contributed by atoms with E-state index in [4.69, 9.17) is 14.6 Å². The third kappa shape index (κ3) is 4.44. The van der Waals surface area contributed by atoms with Crippen LogP contribution in [-0.4, -0.2) is 44.6 Å². The standard InChI is InChI=1S/C26H26N6O3/c1-4-11-35-20-10-5-7-17(12-20)21-14-23(33)29-25-24(21)16(2)31-32(25)26-28-22(15-27-30-26)18-8-6-9-19(13-18)34-3/h5-10,12-13,15,21H,4,11,14H2,1-3H3,(H,29,33). The van der Waals surface area contributed by atoms with Crippen molar-refractivity contribution in [3.63, 3.8) is 0 Å². The van der Waals surface area contributed by atoms with Crippen LogP contribution in [0, 0.1) is 6.92 Å². The molecule has 9 heteroatoms. The number of anilines is 1. The third-order valence-corrected chi connectivity index (χ3v) is 5.94. The van der Waals surface area contributed by atoms with E-state index in [1.165, 1.54) is 0 Å². The van der Waals surface area contributed by atoms with Gasteiger partial charge in [-0.15, -0.1) is 5.10 Å². The van der Waals surface area contributed by atoms with Gasteiger partial charge >= 0.3 is 0 Å². The number of rotatable bonds is 7. The van der Waals surface area contributed by atoms with E-state index < -0.39 is 0 Å². The lowest BCUT2D eigenvalue weighted by Gasteiger charge is -2.24. The number of ether oxygens (including phenoxy) is 2. The Bertz CT molecular complexity index is 1380. The van der Waals surface area contributed by atoms with Crippen LogP contribution < -0.4 is 14.8 Å². The molecule has 0 spiro atoms. The van der Waals surface area contributed by atoms with Crippen LogP contribution in [0.15, 0.2) is 54.7 Å². The molecule has 1 aliphatic rings. The molecular weight excluding hydrogens is 444 g/mol. The minimum absolute atomic E-state index is 0.0968. The molecule has 1 N–H and O–H groups in total. The normalized spacial score (nSPS) is 14.8. The summed E-state index contributed by atoms with van der Waals surface area (Å²) in [4.78, 5) is 17.4. The van der Waals surface area contributed by atoms with Crippen molar-refractivity contribution in [2.24, 2.45) is 0 Å². The Morgan fingerprint density at radius 3 is 2.80 bits per heavy atom. The number of hydrogen-bond donors (Lipinski definition) is 1. The maximum atomic E-state index is 12.8. The van der Waals surface area contributed by atoms with Gasteiger partial charge in [0.15, 0.2) is 0 Å². The van der Waals surface area contributed by atoms with Crippen LogP contribution in [0.3, 0.4) is 0 Å². The number of amides is 1. The van der Waals surface area contributed by atoms with Crippen molar-refractivity contribution < 1.29 is 14.3 Å². The Labute approximate surface area is 203 Å². The van der Waals surface area contributed by atoms with Crippen LogP contribution >= 0.6 is 0 Å². The second-order valence-electron chi connectivity index (χ2n) is 8.36. The zero-order valence-electron chi connectivity index (χ0n) is 19.9. The molecule has 4 aromatic rings. The molecule has 3 heterocycles. The summed E-state index contributed by atoms with van der Waals surface area (Å²) in [6.45, 7) is 4.64. The van der Waals surface area contributed by atoms with E-state index in [1.54, 1.807) is 18.0 Å². The van der Waals surface area contributed by atoms with E-state index in [1.807, 2.05) is 55.5 Å². The van der Waals surface area contributed by atoms with Gasteiger partial charge in [0.2, 0.25) is 5.91 Å². The number of benzene rings is 2. The van der Waals surface area contributed by atoms with Gasteiger partial charge < -0.3 is 14.8 Å². The Morgan fingerprint density at radius 1 is 1.14 bits per heavy atom. The van der Waals surface area contributed by atoms with E-state index in [0.29, 0.717) is 24.5 Å². The summed E-state index contributed by atoms with van der Waals surface area (Å²) in [5.74, 6) is 2.09. The van der Waals surface area contributed by atoms with Gasteiger partial charge in [-0.25, -0.2) is 4.98 Å². The monoisotopic (exact) mass is 470 g/mol. The fourth-order valence-corrected chi connectivity index (χ4v) is 4.32. The third-order valence-electron chi connectivity index (χ3n) is 5.94. The minimum Gasteiger partial charge on any atom is -0.497 e. The topological polar surface area (TPSA) is 104 Å². The smallest absolute Gasteiger partial charge is 0.272 e. The predicted octanol–water partition coefficient (Wildman–Crippen LogP) is 4.30. The second-order valence-corrected chi connectivity index (χ2v) is 8.36. The molecule has 1 amide bonds. The number of aromatic nitrogens is 5. The van der Waals surface area contributed by atoms with Crippen molar-refractivity contribution in [3.8, 4) is 28.7 Å². The highest BCUT2D eigenvalue weighted by Gasteiger charge is 2.33. The molecule has 0 radical (unpaired) electrons. The van der Waals surface area contributed by atoms with E-state index in [9.17, 15) is 4.79 Å². The first-order valence-corrected chi connectivity index (χ1v) is 11.5. The van der Waals surface area contributed by atoms with Gasteiger partial charge in [0, 0.05) is 23.5 Å². The Hall–Kier alpha value is -4.27. The Balaban J connectivity index is 1.55. The van der Waals surface area contributed by atoms with Crippen LogP contribution in [0.1, 0.15) is 42.5 Å². The van der Waals surface area contributed by atoms with Crippen molar-refractivity contribution >= 4 is 11.7 Å². The van der Waals surface area contributed by atoms with Crippen LogP contribution in [0.4, 0.5) is 5.82 Å². The van der Waals surface area contributed by atoms with Crippen LogP contribution in [0.2, 0.25) is 0 Å². The van der Waals surface area contributed by atoms with Gasteiger partial charge in [-0.1, -0.05) is 31.2 Å². The molecule has 0 aliphatic carbocycles. The lowest BCUT2D eigenvalue weighted by Crippen LogP contribution is -2.25. The maximum absolute atomic E-state index is 12.8. The molecule has 9 nitrogen and oxygen atoms in total. The number of methoxy groups -OCH3 is 1. The molecule has 5 rings (SSSR count). The van der Waals surface area contributed by atoms with Gasteiger partial charge in [0.25, 0.3) is 5.95 Å². The summed E-state index contributed by atoms with van der Waals surface area (Å²) >= 11 is 0. The van der Waals surface area contributed by atoms with Crippen molar-refractivity contribution in [1.82, 2.24) is 25.0 Å². The van der Waals surface area contributed by atoms with Crippen molar-refractivity contribution in [2.45, 2.75) is 32.6 Å². The lowest BCUT2D eigenvalue weighted by molar-refractivity contribution is -0.116. The average molecular weight is 471 g/mol. The molecule has 2 aromatic heterocycles. The molecular formula is C26H26N6O3. The van der Waals surface area contributed by atoms with Gasteiger partial charge in [-0.2, -0.15) is 14.9 Å². The number of nitrogens with zero attached hydrogens (tertiary/aromatic N) is 5. The molecule has 0 saturated heterocycles. The summed E-state index contributed by atoms with van der Waals surface area (Å²) in [5, 5.41) is 16.0. The summed E-state index contributed by atoms with van der Waals surface area (Å²) in [6, 6.07) is 15.5. The van der Waals surface area contributed by atoms with Crippen LogP contribution in [0.25, 0.3) is 17.2 Å². The van der Waals surface area contributed by atoms with Crippen LogP contribution in [0.5, 0.6) is 11.5 Å². The SMILES string of the molecule is CCCOc1cccc(C2CC(=O)Nc3c2c(C)nn3-c2nncc(-c3cccc(OC)c3)n2)c1. The molecule has 2 aromatic carbocycles. The van der Waals surface area contributed by atoms with E-state index >= 15 is 0 Å². The van der Waals surface area contributed by atoms with Gasteiger partial charge in [0.05, 0.1) is 31.3 Å². The molecule has 35 heavy (non-hydrogen) atoms. The number of carbonyl (C=O) groups excluding carboxylic acids is 1. The van der Waals surface area contributed by atoms with Gasteiger partial charge in [-0.3, -0.25) is 4.79 Å². The first kappa shape index (κ1) is 22.5. The molecule has 178 valence electrons. The average Bonchev–Trinajstić information content (AvgIpc) is 3.23. The highest BCUT2D eigenvalue weighted by atomic mass is 16.5. The molecule has 0 bridgehead atoms. The largest absolute Gasteiger partial charge is 0.497 e. The summed E-state index contributed by atoms with van der Waals surface area (Å²) in [7, 11) is 1.62. The Morgan fingerprint density at radius 2 is 1.97 bits per heavy atom. The first-order chi connectivity index (χ1) is 17.1. The zero-order valence-corrected chi connectivity index (χ0v) is 19.9. The molecule has 1 aliphatic heterocycles. The second kappa shape index (κ2) is 9.54. The van der Waals surface area contributed by atoms with E-state index in [-0.39, 0.29) is 17.8 Å². The highest BCUT2D eigenvalue weighted by molar-refractivity contribution is 5.95. The first-order valence-electron chi connectivity index (χ1n) is 11.5. The number of nitrogens with one attached hydrogen (secondary N) is 1. The number of hydrogen-bond acceptors (Lipinski definition) is 7. The number of fused-ring (bicyclic) bond motifs is 1. The number of carbonyl (C=O) groups is 1. The number of aryl methyl sites for hydroxylation is 1. The van der Waals surface area contributed by atoms with Gasteiger partial charge in [-0.05, 0) is 43.2 Å². The zero-order chi connectivity index (χ0) is 24.4. The minimum atomic E-state index is -0.160. The molecule has 0 saturated carbocycles. The van der Waals surface area contributed by atoms with Crippen molar-refractivity contribution in [1.29, 1.82) is 0 Å². The summed E-state index contributed by atoms with van der Waals surface area (Å²) in [6.07, 6.45) is 2.83. The van der Waals surface area contributed by atoms with E-state index in [2.05, 4.69) is 27.4 Å². The summed E-state index contributed by atoms with van der Waals surface area (Å²) < 4.78 is 12.7. The molecule has 1 unspecified atom stereocenters. The lowest BCUT2D eigenvalue weighted by atomic mass is 9.86. The Kier molecular flexibility index (Phi) is 6.13. The maximum Gasteiger partial charge on any atom is 0.272 e. The van der Waals surface area contributed by atoms with Crippen molar-refractivity contribution in [3.05, 3.63) is 71.5 Å². The highest BCUT2D eigenvalue weighted by Crippen LogP contribution is 2.40. The summed E-state index contributed by atoms with van der Waals surface area (Å²) in [5.41, 5.74) is 4.19. The quantitative estimate of drug-likeness (QED) is 0.429. The van der Waals surface area contributed by atoms with Crippen LogP contribution in [-0.2, 0) is 4.79 Å². The van der Waals surface area contributed by atoms with Gasteiger partial charge in [0.1, 0.15) is 17.3 Å². The van der Waals surface area contributed by atoms with E-state index in [0.717, 1.165) is 40.3 Å². The predicted molar refractivity (Wildman–Crippen MR) is 131 cm³/mol. The van der Waals surface area contributed by atoms with Crippen molar-refractivity contribution in [2.75, 3.05) is 19.0 Å². The molecule has 0 fully saturated rings.